The van der Waals surface area contributed by atoms with Crippen molar-refractivity contribution in [2.75, 3.05) is 11.4 Å². The van der Waals surface area contributed by atoms with Crippen LogP contribution in [0.25, 0.3) is 0 Å². The molecule has 0 aliphatic carbocycles. The molecule has 0 radical (unpaired) electrons. The molecule has 1 aliphatic heterocycles. The van der Waals surface area contributed by atoms with Gasteiger partial charge < -0.3 is 10.6 Å². The maximum atomic E-state index is 5.75. The van der Waals surface area contributed by atoms with Gasteiger partial charge >= 0.3 is 0 Å². The molecule has 2 heterocycles. The summed E-state index contributed by atoms with van der Waals surface area (Å²) in [5.41, 5.74) is 7.99. The van der Waals surface area contributed by atoms with Gasteiger partial charge in [-0.2, -0.15) is 0 Å². The van der Waals surface area contributed by atoms with Gasteiger partial charge in [0.15, 0.2) is 0 Å². The second kappa shape index (κ2) is 4.83. The van der Waals surface area contributed by atoms with Gasteiger partial charge in [-0.15, -0.1) is 0 Å². The molecule has 2 unspecified atom stereocenters. The standard InChI is InChI=1S/C13H21N3/c1-10-5-4-8-16(11(10)2)13-6-3-7-15-12(13)9-14/h3,6-7,10-11H,4-5,8-9,14H2,1-2H3. The number of pyridine rings is 1. The fourth-order valence-electron chi connectivity index (χ4n) is 2.52. The molecule has 0 saturated carbocycles. The highest BCUT2D eigenvalue weighted by atomic mass is 15.2. The Hall–Kier alpha value is -1.09. The molecule has 88 valence electrons. The third-order valence-electron chi connectivity index (χ3n) is 3.74. The molecule has 0 bridgehead atoms. The molecule has 0 spiro atoms. The molecular formula is C13H21N3. The molecule has 2 N–H and O–H groups in total. The predicted octanol–water partition coefficient (Wildman–Crippen LogP) is 2.17. The second-order valence-corrected chi connectivity index (χ2v) is 4.73. The van der Waals surface area contributed by atoms with Crippen LogP contribution in [0.4, 0.5) is 5.69 Å². The lowest BCUT2D eigenvalue weighted by atomic mass is 9.91. The molecule has 0 amide bonds. The third-order valence-corrected chi connectivity index (χ3v) is 3.74. The lowest BCUT2D eigenvalue weighted by Gasteiger charge is -2.40. The number of anilines is 1. The summed E-state index contributed by atoms with van der Waals surface area (Å²) in [6.07, 6.45) is 4.42. The Morgan fingerprint density at radius 1 is 1.50 bits per heavy atom. The maximum absolute atomic E-state index is 5.75. The lowest BCUT2D eigenvalue weighted by Crippen LogP contribution is -2.43. The highest BCUT2D eigenvalue weighted by molar-refractivity contribution is 5.51. The average molecular weight is 219 g/mol. The van der Waals surface area contributed by atoms with E-state index in [2.05, 4.69) is 29.8 Å². The van der Waals surface area contributed by atoms with Crippen LogP contribution < -0.4 is 10.6 Å². The summed E-state index contributed by atoms with van der Waals surface area (Å²) >= 11 is 0. The SMILES string of the molecule is CC1CCCN(c2cccnc2CN)C1C. The molecule has 1 saturated heterocycles. The number of nitrogens with two attached hydrogens (primary N) is 1. The first-order valence-electron chi connectivity index (χ1n) is 6.14. The van der Waals surface area contributed by atoms with E-state index >= 15 is 0 Å². The van der Waals surface area contributed by atoms with Gasteiger partial charge in [0.1, 0.15) is 0 Å². The minimum absolute atomic E-state index is 0.522. The van der Waals surface area contributed by atoms with Crippen LogP contribution in [0.15, 0.2) is 18.3 Å². The molecule has 3 heteroatoms. The van der Waals surface area contributed by atoms with Crippen LogP contribution in [0.3, 0.4) is 0 Å². The first kappa shape index (κ1) is 11.4. The first-order valence-corrected chi connectivity index (χ1v) is 6.14. The summed E-state index contributed by atoms with van der Waals surface area (Å²) < 4.78 is 0. The van der Waals surface area contributed by atoms with E-state index in [-0.39, 0.29) is 0 Å². The van der Waals surface area contributed by atoms with Crippen molar-refractivity contribution in [1.82, 2.24) is 4.98 Å². The van der Waals surface area contributed by atoms with Crippen molar-refractivity contribution < 1.29 is 0 Å². The molecule has 0 aromatic carbocycles. The Kier molecular flexibility index (Phi) is 3.44. The van der Waals surface area contributed by atoms with E-state index in [4.69, 9.17) is 5.73 Å². The predicted molar refractivity (Wildman–Crippen MR) is 67.3 cm³/mol. The first-order chi connectivity index (χ1) is 7.74. The monoisotopic (exact) mass is 219 g/mol. The van der Waals surface area contributed by atoms with E-state index in [1.807, 2.05) is 12.3 Å². The smallest absolute Gasteiger partial charge is 0.0772 e. The zero-order valence-corrected chi connectivity index (χ0v) is 10.2. The van der Waals surface area contributed by atoms with Crippen LogP contribution in [0, 0.1) is 5.92 Å². The minimum Gasteiger partial charge on any atom is -0.367 e. The van der Waals surface area contributed by atoms with E-state index in [9.17, 15) is 0 Å². The Bertz CT molecular complexity index is 351. The van der Waals surface area contributed by atoms with Crippen LogP contribution in [-0.4, -0.2) is 17.6 Å². The van der Waals surface area contributed by atoms with Gasteiger partial charge in [0.25, 0.3) is 0 Å². The fraction of sp³-hybridized carbons (Fsp3) is 0.615. The zero-order chi connectivity index (χ0) is 11.5. The van der Waals surface area contributed by atoms with E-state index < -0.39 is 0 Å². The van der Waals surface area contributed by atoms with Crippen LogP contribution in [0.1, 0.15) is 32.4 Å². The molecule has 2 rings (SSSR count). The zero-order valence-electron chi connectivity index (χ0n) is 10.2. The number of aromatic nitrogens is 1. The maximum Gasteiger partial charge on any atom is 0.0772 e. The van der Waals surface area contributed by atoms with Gasteiger partial charge in [0, 0.05) is 25.3 Å². The Labute approximate surface area is 97.7 Å². The van der Waals surface area contributed by atoms with E-state index in [0.717, 1.165) is 18.2 Å². The van der Waals surface area contributed by atoms with Crippen LogP contribution >= 0.6 is 0 Å². The highest BCUT2D eigenvalue weighted by Gasteiger charge is 2.26. The molecule has 1 fully saturated rings. The number of nitrogens with zero attached hydrogens (tertiary/aromatic N) is 2. The van der Waals surface area contributed by atoms with Gasteiger partial charge in [0.05, 0.1) is 11.4 Å². The fourth-order valence-corrected chi connectivity index (χ4v) is 2.52. The summed E-state index contributed by atoms with van der Waals surface area (Å²) in [6, 6.07) is 4.73. The normalized spacial score (nSPS) is 25.8. The van der Waals surface area contributed by atoms with Crippen molar-refractivity contribution >= 4 is 5.69 Å². The number of hydrogen-bond acceptors (Lipinski definition) is 3. The average Bonchev–Trinajstić information content (AvgIpc) is 2.33. The number of hydrogen-bond donors (Lipinski definition) is 1. The number of rotatable bonds is 2. The minimum atomic E-state index is 0.522. The highest BCUT2D eigenvalue weighted by Crippen LogP contribution is 2.29. The summed E-state index contributed by atoms with van der Waals surface area (Å²) in [6.45, 7) is 6.28. The molecule has 1 aromatic heterocycles. The quantitative estimate of drug-likeness (QED) is 0.829. The molecule has 3 nitrogen and oxygen atoms in total. The summed E-state index contributed by atoms with van der Waals surface area (Å²) in [7, 11) is 0. The number of piperidine rings is 1. The largest absolute Gasteiger partial charge is 0.367 e. The van der Waals surface area contributed by atoms with Crippen molar-refractivity contribution in [1.29, 1.82) is 0 Å². The van der Waals surface area contributed by atoms with E-state index in [1.165, 1.54) is 18.5 Å². The second-order valence-electron chi connectivity index (χ2n) is 4.73. The van der Waals surface area contributed by atoms with Crippen LogP contribution in [0.5, 0.6) is 0 Å². The van der Waals surface area contributed by atoms with E-state index in [0.29, 0.717) is 12.6 Å². The van der Waals surface area contributed by atoms with Crippen molar-refractivity contribution in [2.45, 2.75) is 39.3 Å². The third kappa shape index (κ3) is 2.05. The lowest BCUT2D eigenvalue weighted by molar-refractivity contribution is 0.363. The van der Waals surface area contributed by atoms with Gasteiger partial charge in [-0.1, -0.05) is 6.92 Å². The topological polar surface area (TPSA) is 42.2 Å². The molecule has 16 heavy (non-hydrogen) atoms. The molecule has 1 aromatic rings. The van der Waals surface area contributed by atoms with Crippen molar-refractivity contribution in [3.05, 3.63) is 24.0 Å². The Balaban J connectivity index is 2.28. The Morgan fingerprint density at radius 2 is 2.31 bits per heavy atom. The van der Waals surface area contributed by atoms with Crippen LogP contribution in [0.2, 0.25) is 0 Å². The summed E-state index contributed by atoms with van der Waals surface area (Å²) in [4.78, 5) is 6.83. The van der Waals surface area contributed by atoms with Crippen molar-refractivity contribution in [3.8, 4) is 0 Å². The van der Waals surface area contributed by atoms with E-state index in [1.54, 1.807) is 0 Å². The molecule has 1 aliphatic rings. The molecular weight excluding hydrogens is 198 g/mol. The van der Waals surface area contributed by atoms with Gasteiger partial charge in [-0.3, -0.25) is 4.98 Å². The van der Waals surface area contributed by atoms with Crippen molar-refractivity contribution in [2.24, 2.45) is 11.7 Å². The van der Waals surface area contributed by atoms with Gasteiger partial charge in [-0.05, 0) is 37.8 Å². The van der Waals surface area contributed by atoms with Crippen LogP contribution in [-0.2, 0) is 6.54 Å². The van der Waals surface area contributed by atoms with Gasteiger partial charge in [-0.25, -0.2) is 0 Å². The van der Waals surface area contributed by atoms with Gasteiger partial charge in [0.2, 0.25) is 0 Å². The van der Waals surface area contributed by atoms with Crippen molar-refractivity contribution in [3.63, 3.8) is 0 Å². The summed E-state index contributed by atoms with van der Waals surface area (Å²) in [5, 5.41) is 0. The summed E-state index contributed by atoms with van der Waals surface area (Å²) in [5.74, 6) is 0.750. The Morgan fingerprint density at radius 3 is 3.06 bits per heavy atom. The molecule has 2 atom stereocenters.